The monoisotopic (exact) mass is 368 g/mol. The number of carbonyl (C=O) groups is 1. The highest BCUT2D eigenvalue weighted by molar-refractivity contribution is 6.39. The Bertz CT molecular complexity index is 658. The molecule has 0 aliphatic heterocycles. The smallest absolute Gasteiger partial charge is 0.239 e. The summed E-state index contributed by atoms with van der Waals surface area (Å²) in [4.78, 5) is 11.8. The fourth-order valence-corrected chi connectivity index (χ4v) is 2.46. The first-order chi connectivity index (χ1) is 11.6. The number of anilines is 1. The molecule has 0 aliphatic rings. The SMILES string of the molecule is COc1ccc(OCCNC(=O)CNc2c(Cl)cccc2Cl)cc1. The van der Waals surface area contributed by atoms with Gasteiger partial charge in [0.2, 0.25) is 5.91 Å². The number of ether oxygens (including phenoxy) is 2. The Kier molecular flexibility index (Phi) is 7.03. The van der Waals surface area contributed by atoms with Gasteiger partial charge in [-0.3, -0.25) is 4.79 Å². The quantitative estimate of drug-likeness (QED) is 0.698. The Balaban J connectivity index is 1.68. The van der Waals surface area contributed by atoms with Crippen LogP contribution in [0.1, 0.15) is 0 Å². The van der Waals surface area contributed by atoms with Crippen molar-refractivity contribution in [1.29, 1.82) is 0 Å². The van der Waals surface area contributed by atoms with Crippen LogP contribution in [0.4, 0.5) is 5.69 Å². The van der Waals surface area contributed by atoms with E-state index in [1.54, 1.807) is 25.3 Å². The highest BCUT2D eigenvalue weighted by atomic mass is 35.5. The van der Waals surface area contributed by atoms with E-state index in [4.69, 9.17) is 32.7 Å². The van der Waals surface area contributed by atoms with E-state index in [9.17, 15) is 4.79 Å². The maximum Gasteiger partial charge on any atom is 0.239 e. The summed E-state index contributed by atoms with van der Waals surface area (Å²) < 4.78 is 10.6. The van der Waals surface area contributed by atoms with Gasteiger partial charge in [-0.2, -0.15) is 0 Å². The molecular weight excluding hydrogens is 351 g/mol. The summed E-state index contributed by atoms with van der Waals surface area (Å²) in [6.45, 7) is 0.833. The molecule has 2 aromatic rings. The first-order valence-electron chi connectivity index (χ1n) is 7.31. The van der Waals surface area contributed by atoms with E-state index < -0.39 is 0 Å². The Hall–Kier alpha value is -2.11. The van der Waals surface area contributed by atoms with E-state index in [2.05, 4.69) is 10.6 Å². The van der Waals surface area contributed by atoms with Crippen molar-refractivity contribution in [3.05, 3.63) is 52.5 Å². The number of benzene rings is 2. The van der Waals surface area contributed by atoms with Gasteiger partial charge >= 0.3 is 0 Å². The summed E-state index contributed by atoms with van der Waals surface area (Å²) in [5.74, 6) is 1.30. The lowest BCUT2D eigenvalue weighted by molar-refractivity contribution is -0.119. The molecule has 2 aromatic carbocycles. The average molecular weight is 369 g/mol. The number of rotatable bonds is 8. The minimum atomic E-state index is -0.177. The van der Waals surface area contributed by atoms with Crippen LogP contribution in [0.3, 0.4) is 0 Å². The zero-order valence-electron chi connectivity index (χ0n) is 13.1. The van der Waals surface area contributed by atoms with Crippen molar-refractivity contribution in [2.45, 2.75) is 0 Å². The Morgan fingerprint density at radius 1 is 1.04 bits per heavy atom. The van der Waals surface area contributed by atoms with E-state index in [1.165, 1.54) is 0 Å². The number of hydrogen-bond acceptors (Lipinski definition) is 4. The van der Waals surface area contributed by atoms with Crippen LogP contribution in [0, 0.1) is 0 Å². The standard InChI is InChI=1S/C17H18Cl2N2O3/c1-23-12-5-7-13(8-6-12)24-10-9-20-16(22)11-21-17-14(18)3-2-4-15(17)19/h2-8,21H,9-11H2,1H3,(H,20,22). The summed E-state index contributed by atoms with van der Waals surface area (Å²) in [5, 5.41) is 6.61. The van der Waals surface area contributed by atoms with Gasteiger partial charge in [0.05, 0.1) is 35.9 Å². The fraction of sp³-hybridized carbons (Fsp3) is 0.235. The second-order valence-electron chi connectivity index (χ2n) is 4.82. The summed E-state index contributed by atoms with van der Waals surface area (Å²) in [7, 11) is 1.61. The van der Waals surface area contributed by atoms with Gasteiger partial charge in [-0.05, 0) is 36.4 Å². The molecule has 0 unspecified atom stereocenters. The van der Waals surface area contributed by atoms with Crippen LogP contribution in [0.2, 0.25) is 10.0 Å². The summed E-state index contributed by atoms with van der Waals surface area (Å²) in [6.07, 6.45) is 0. The van der Waals surface area contributed by atoms with Crippen LogP contribution < -0.4 is 20.1 Å². The predicted molar refractivity (Wildman–Crippen MR) is 96.5 cm³/mol. The summed E-state index contributed by atoms with van der Waals surface area (Å²) in [5.41, 5.74) is 0.547. The third-order valence-electron chi connectivity index (χ3n) is 3.14. The molecule has 0 saturated carbocycles. The Labute approximate surface area is 150 Å². The van der Waals surface area contributed by atoms with Gasteiger partial charge in [-0.25, -0.2) is 0 Å². The zero-order valence-corrected chi connectivity index (χ0v) is 14.7. The number of para-hydroxylation sites is 1. The average Bonchev–Trinajstić information content (AvgIpc) is 2.59. The molecular formula is C17H18Cl2N2O3. The first kappa shape index (κ1) is 18.2. The number of hydrogen-bond donors (Lipinski definition) is 2. The minimum absolute atomic E-state index is 0.0754. The highest BCUT2D eigenvalue weighted by Crippen LogP contribution is 2.29. The number of amides is 1. The molecule has 0 aliphatic carbocycles. The second-order valence-corrected chi connectivity index (χ2v) is 5.64. The van der Waals surface area contributed by atoms with E-state index >= 15 is 0 Å². The van der Waals surface area contributed by atoms with Crippen LogP contribution in [0.5, 0.6) is 11.5 Å². The fourth-order valence-electron chi connectivity index (χ4n) is 1.93. The lowest BCUT2D eigenvalue weighted by atomic mass is 10.3. The van der Waals surface area contributed by atoms with Crippen LogP contribution in [-0.2, 0) is 4.79 Å². The first-order valence-corrected chi connectivity index (χ1v) is 8.07. The molecule has 0 saturated heterocycles. The molecule has 0 heterocycles. The lowest BCUT2D eigenvalue weighted by Crippen LogP contribution is -2.33. The van der Waals surface area contributed by atoms with Crippen LogP contribution >= 0.6 is 23.2 Å². The molecule has 0 spiro atoms. The Morgan fingerprint density at radius 3 is 2.29 bits per heavy atom. The molecule has 1 amide bonds. The topological polar surface area (TPSA) is 59.6 Å². The van der Waals surface area contributed by atoms with Crippen molar-refractivity contribution < 1.29 is 14.3 Å². The summed E-state index contributed by atoms with van der Waals surface area (Å²) in [6, 6.07) is 12.4. The van der Waals surface area contributed by atoms with Crippen molar-refractivity contribution in [2.24, 2.45) is 0 Å². The van der Waals surface area contributed by atoms with E-state index in [-0.39, 0.29) is 12.5 Å². The molecule has 0 atom stereocenters. The van der Waals surface area contributed by atoms with Crippen molar-refractivity contribution >= 4 is 34.8 Å². The molecule has 0 fully saturated rings. The van der Waals surface area contributed by atoms with Gasteiger partial charge in [0.1, 0.15) is 18.1 Å². The summed E-state index contributed by atoms with van der Waals surface area (Å²) >= 11 is 12.0. The molecule has 0 aromatic heterocycles. The highest BCUT2D eigenvalue weighted by Gasteiger charge is 2.07. The van der Waals surface area contributed by atoms with Crippen LogP contribution in [-0.4, -0.2) is 32.7 Å². The van der Waals surface area contributed by atoms with E-state index in [1.807, 2.05) is 24.3 Å². The molecule has 128 valence electrons. The molecule has 24 heavy (non-hydrogen) atoms. The van der Waals surface area contributed by atoms with Crippen molar-refractivity contribution in [2.75, 3.05) is 32.1 Å². The zero-order chi connectivity index (χ0) is 17.4. The van der Waals surface area contributed by atoms with E-state index in [0.717, 1.165) is 5.75 Å². The lowest BCUT2D eigenvalue weighted by Gasteiger charge is -2.11. The number of methoxy groups -OCH3 is 1. The minimum Gasteiger partial charge on any atom is -0.497 e. The maximum atomic E-state index is 11.8. The van der Waals surface area contributed by atoms with Gasteiger partial charge in [0.25, 0.3) is 0 Å². The number of carbonyl (C=O) groups excluding carboxylic acids is 1. The molecule has 2 N–H and O–H groups in total. The van der Waals surface area contributed by atoms with Crippen molar-refractivity contribution in [3.63, 3.8) is 0 Å². The number of halogens is 2. The van der Waals surface area contributed by atoms with Gasteiger partial charge in [0.15, 0.2) is 0 Å². The van der Waals surface area contributed by atoms with Crippen molar-refractivity contribution in [3.8, 4) is 11.5 Å². The maximum absolute atomic E-state index is 11.8. The number of nitrogens with one attached hydrogen (secondary N) is 2. The van der Waals surface area contributed by atoms with Gasteiger partial charge in [-0.15, -0.1) is 0 Å². The Morgan fingerprint density at radius 2 is 1.67 bits per heavy atom. The molecule has 2 rings (SSSR count). The van der Waals surface area contributed by atoms with Crippen LogP contribution in [0.25, 0.3) is 0 Å². The normalized spacial score (nSPS) is 10.1. The third kappa shape index (κ3) is 5.51. The largest absolute Gasteiger partial charge is 0.497 e. The van der Waals surface area contributed by atoms with Gasteiger partial charge < -0.3 is 20.1 Å². The predicted octanol–water partition coefficient (Wildman–Crippen LogP) is 3.61. The van der Waals surface area contributed by atoms with Crippen molar-refractivity contribution in [1.82, 2.24) is 5.32 Å². The van der Waals surface area contributed by atoms with Crippen LogP contribution in [0.15, 0.2) is 42.5 Å². The van der Waals surface area contributed by atoms with E-state index in [0.29, 0.717) is 34.6 Å². The molecule has 7 heteroatoms. The second kappa shape index (κ2) is 9.25. The molecule has 5 nitrogen and oxygen atoms in total. The third-order valence-corrected chi connectivity index (χ3v) is 3.77. The molecule has 0 radical (unpaired) electrons. The molecule has 0 bridgehead atoms. The van der Waals surface area contributed by atoms with Gasteiger partial charge in [-0.1, -0.05) is 29.3 Å². The van der Waals surface area contributed by atoms with Gasteiger partial charge in [0, 0.05) is 0 Å².